The molecule has 0 aliphatic rings. The summed E-state index contributed by atoms with van der Waals surface area (Å²) in [4.78, 5) is 4.32. The van der Waals surface area contributed by atoms with Crippen LogP contribution in [0.4, 0.5) is 14.5 Å². The Bertz CT molecular complexity index is 578. The summed E-state index contributed by atoms with van der Waals surface area (Å²) in [6.07, 6.45) is -1.31. The molecule has 2 aromatic rings. The fourth-order valence-corrected chi connectivity index (χ4v) is 1.90. The van der Waals surface area contributed by atoms with E-state index in [1.165, 1.54) is 10.7 Å². The van der Waals surface area contributed by atoms with Crippen molar-refractivity contribution in [3.05, 3.63) is 35.4 Å². The number of benzene rings is 1. The predicted molar refractivity (Wildman–Crippen MR) is 69.5 cm³/mol. The fourth-order valence-electron chi connectivity index (χ4n) is 1.90. The van der Waals surface area contributed by atoms with E-state index in [-0.39, 0.29) is 5.56 Å². The Morgan fingerprint density at radius 2 is 2.00 bits per heavy atom. The van der Waals surface area contributed by atoms with E-state index in [4.69, 9.17) is 5.73 Å². The second-order valence-electron chi connectivity index (χ2n) is 4.18. The first-order chi connectivity index (χ1) is 9.06. The van der Waals surface area contributed by atoms with Crippen LogP contribution in [0.15, 0.2) is 18.2 Å². The molecular weight excluding hydrogens is 250 g/mol. The molecule has 102 valence electrons. The number of aryl methyl sites for hydroxylation is 2. The number of halogens is 2. The van der Waals surface area contributed by atoms with Gasteiger partial charge in [-0.25, -0.2) is 18.4 Å². The van der Waals surface area contributed by atoms with Crippen LogP contribution in [0, 0.1) is 0 Å². The second kappa shape index (κ2) is 5.34. The molecule has 1 aromatic heterocycles. The van der Waals surface area contributed by atoms with Crippen LogP contribution in [0.25, 0.3) is 5.69 Å². The summed E-state index contributed by atoms with van der Waals surface area (Å²) < 4.78 is 27.7. The number of rotatable bonds is 4. The summed E-state index contributed by atoms with van der Waals surface area (Å²) in [7, 11) is 0. The zero-order chi connectivity index (χ0) is 14.0. The summed E-state index contributed by atoms with van der Waals surface area (Å²) in [6.45, 7) is 3.84. The van der Waals surface area contributed by atoms with Gasteiger partial charge in [-0.2, -0.15) is 5.10 Å². The monoisotopic (exact) mass is 266 g/mol. The largest absolute Gasteiger partial charge is 0.399 e. The summed E-state index contributed by atoms with van der Waals surface area (Å²) in [5.41, 5.74) is 6.10. The number of nitrogens with two attached hydrogens (primary N) is 1. The number of hydrogen-bond donors (Lipinski definition) is 1. The first-order valence-corrected chi connectivity index (χ1v) is 6.19. The molecular formula is C13H16F2N4. The van der Waals surface area contributed by atoms with E-state index in [1.54, 1.807) is 12.1 Å². The van der Waals surface area contributed by atoms with Crippen molar-refractivity contribution in [2.45, 2.75) is 33.1 Å². The van der Waals surface area contributed by atoms with Crippen LogP contribution in [0.5, 0.6) is 0 Å². The van der Waals surface area contributed by atoms with Crippen LogP contribution >= 0.6 is 0 Å². The number of anilines is 1. The smallest absolute Gasteiger partial charge is 0.266 e. The maximum Gasteiger partial charge on any atom is 0.266 e. The lowest BCUT2D eigenvalue weighted by Gasteiger charge is -2.11. The highest BCUT2D eigenvalue weighted by molar-refractivity contribution is 5.52. The van der Waals surface area contributed by atoms with Crippen LogP contribution < -0.4 is 5.73 Å². The number of nitrogens with zero attached hydrogens (tertiary/aromatic N) is 3. The maximum atomic E-state index is 13.1. The molecule has 1 aromatic carbocycles. The van der Waals surface area contributed by atoms with Crippen molar-refractivity contribution in [1.29, 1.82) is 0 Å². The Kier molecular flexibility index (Phi) is 3.78. The van der Waals surface area contributed by atoms with Gasteiger partial charge in [0.1, 0.15) is 5.82 Å². The molecule has 6 heteroatoms. The third-order valence-electron chi connectivity index (χ3n) is 2.87. The van der Waals surface area contributed by atoms with Crippen molar-refractivity contribution in [3.63, 3.8) is 0 Å². The highest BCUT2D eigenvalue weighted by atomic mass is 19.3. The molecule has 0 bridgehead atoms. The van der Waals surface area contributed by atoms with Gasteiger partial charge in [-0.3, -0.25) is 0 Å². The lowest BCUT2D eigenvalue weighted by Crippen LogP contribution is -2.06. The number of nitrogen functional groups attached to an aromatic ring is 1. The van der Waals surface area contributed by atoms with Crippen molar-refractivity contribution in [2.24, 2.45) is 0 Å². The zero-order valence-corrected chi connectivity index (χ0v) is 10.9. The second-order valence-corrected chi connectivity index (χ2v) is 4.18. The van der Waals surface area contributed by atoms with Crippen LogP contribution in [0.3, 0.4) is 0 Å². The molecule has 0 unspecified atom stereocenters. The van der Waals surface area contributed by atoms with Crippen molar-refractivity contribution >= 4 is 5.69 Å². The zero-order valence-electron chi connectivity index (χ0n) is 10.9. The van der Waals surface area contributed by atoms with E-state index >= 15 is 0 Å². The molecule has 0 saturated carbocycles. The molecule has 0 amide bonds. The maximum absolute atomic E-state index is 13.1. The number of aromatic nitrogens is 3. The normalized spacial score (nSPS) is 11.2. The average molecular weight is 266 g/mol. The van der Waals surface area contributed by atoms with E-state index in [2.05, 4.69) is 10.1 Å². The average Bonchev–Trinajstić information content (AvgIpc) is 2.81. The van der Waals surface area contributed by atoms with Gasteiger partial charge in [-0.15, -0.1) is 0 Å². The van der Waals surface area contributed by atoms with Gasteiger partial charge in [-0.1, -0.05) is 13.8 Å². The molecule has 0 atom stereocenters. The summed E-state index contributed by atoms with van der Waals surface area (Å²) >= 11 is 0. The minimum absolute atomic E-state index is 0.123. The van der Waals surface area contributed by atoms with Gasteiger partial charge in [0.25, 0.3) is 6.43 Å². The molecule has 2 rings (SSSR count). The van der Waals surface area contributed by atoms with Gasteiger partial charge in [0.15, 0.2) is 5.82 Å². The highest BCUT2D eigenvalue weighted by Gasteiger charge is 2.18. The Labute approximate surface area is 110 Å². The molecule has 2 N–H and O–H groups in total. The first kappa shape index (κ1) is 13.5. The molecule has 0 aliphatic carbocycles. The molecule has 19 heavy (non-hydrogen) atoms. The topological polar surface area (TPSA) is 56.7 Å². The Hall–Kier alpha value is -1.98. The van der Waals surface area contributed by atoms with Crippen molar-refractivity contribution < 1.29 is 8.78 Å². The first-order valence-electron chi connectivity index (χ1n) is 6.19. The van der Waals surface area contributed by atoms with Crippen LogP contribution in [0.1, 0.15) is 37.5 Å². The van der Waals surface area contributed by atoms with Gasteiger partial charge >= 0.3 is 0 Å². The number of hydrogen-bond acceptors (Lipinski definition) is 3. The van der Waals surface area contributed by atoms with Crippen LogP contribution in [-0.2, 0) is 12.8 Å². The minimum atomic E-state index is -2.60. The predicted octanol–water partition coefficient (Wildman–Crippen LogP) is 2.91. The molecule has 0 saturated heterocycles. The van der Waals surface area contributed by atoms with E-state index in [1.807, 2.05) is 13.8 Å². The summed E-state index contributed by atoms with van der Waals surface area (Å²) in [5.74, 6) is 1.32. The molecule has 0 radical (unpaired) electrons. The van der Waals surface area contributed by atoms with Gasteiger partial charge in [0, 0.05) is 24.1 Å². The SMILES string of the molecule is CCc1nc(CC)n(-c2ccc(N)cc2C(F)F)n1. The van der Waals surface area contributed by atoms with E-state index < -0.39 is 6.43 Å². The fraction of sp³-hybridized carbons (Fsp3) is 0.385. The Morgan fingerprint density at radius 3 is 2.58 bits per heavy atom. The van der Waals surface area contributed by atoms with E-state index in [0.717, 1.165) is 0 Å². The lowest BCUT2D eigenvalue weighted by molar-refractivity contribution is 0.151. The molecule has 0 fully saturated rings. The molecule has 0 aliphatic heterocycles. The molecule has 4 nitrogen and oxygen atoms in total. The van der Waals surface area contributed by atoms with Gasteiger partial charge in [-0.05, 0) is 18.2 Å². The number of alkyl halides is 2. The van der Waals surface area contributed by atoms with Gasteiger partial charge < -0.3 is 5.73 Å². The minimum Gasteiger partial charge on any atom is -0.399 e. The van der Waals surface area contributed by atoms with Crippen LogP contribution in [0.2, 0.25) is 0 Å². The highest BCUT2D eigenvalue weighted by Crippen LogP contribution is 2.28. The lowest BCUT2D eigenvalue weighted by atomic mass is 10.1. The quantitative estimate of drug-likeness (QED) is 0.866. The van der Waals surface area contributed by atoms with Gasteiger partial charge in [0.2, 0.25) is 0 Å². The summed E-state index contributed by atoms with van der Waals surface area (Å²) in [6, 6.07) is 4.44. The molecule has 1 heterocycles. The standard InChI is InChI=1S/C13H16F2N4/c1-3-11-17-12(4-2)19(18-11)10-6-5-8(16)7-9(10)13(14)15/h5-7,13H,3-4,16H2,1-2H3. The third-order valence-corrected chi connectivity index (χ3v) is 2.87. The van der Waals surface area contributed by atoms with Gasteiger partial charge in [0.05, 0.1) is 5.69 Å². The van der Waals surface area contributed by atoms with Crippen LogP contribution in [-0.4, -0.2) is 14.8 Å². The Morgan fingerprint density at radius 1 is 1.26 bits per heavy atom. The van der Waals surface area contributed by atoms with E-state index in [0.29, 0.717) is 35.9 Å². The van der Waals surface area contributed by atoms with E-state index in [9.17, 15) is 8.78 Å². The Balaban J connectivity index is 2.60. The third kappa shape index (κ3) is 2.57. The summed E-state index contributed by atoms with van der Waals surface area (Å²) in [5, 5.41) is 4.27. The van der Waals surface area contributed by atoms with Crippen molar-refractivity contribution in [3.8, 4) is 5.69 Å². The van der Waals surface area contributed by atoms with Crippen molar-refractivity contribution in [2.75, 3.05) is 5.73 Å². The van der Waals surface area contributed by atoms with Crippen molar-refractivity contribution in [1.82, 2.24) is 14.8 Å². The molecule has 0 spiro atoms.